The van der Waals surface area contributed by atoms with Crippen LogP contribution in [0.25, 0.3) is 0 Å². The predicted molar refractivity (Wildman–Crippen MR) is 54.1 cm³/mol. The van der Waals surface area contributed by atoms with Gasteiger partial charge in [0.25, 0.3) is 0 Å². The largest absolute Gasteiger partial charge is 0.383 e. The minimum Gasteiger partial charge on any atom is -0.383 e. The summed E-state index contributed by atoms with van der Waals surface area (Å²) in [5, 5.41) is 2.79. The second-order valence-electron chi connectivity index (χ2n) is 2.94. The van der Waals surface area contributed by atoms with Crippen LogP contribution in [0.2, 0.25) is 0 Å². The monoisotopic (exact) mass is 207 g/mol. The highest BCUT2D eigenvalue weighted by molar-refractivity contribution is 6.20. The summed E-state index contributed by atoms with van der Waals surface area (Å²) in [6.45, 7) is 3.15. The summed E-state index contributed by atoms with van der Waals surface area (Å²) in [4.78, 5) is 11.0. The average Bonchev–Trinajstić information content (AvgIpc) is 2.05. The molecule has 0 fully saturated rings. The maximum atomic E-state index is 11.0. The van der Waals surface area contributed by atoms with Crippen LogP contribution in [0.3, 0.4) is 0 Å². The van der Waals surface area contributed by atoms with Gasteiger partial charge in [0.15, 0.2) is 0 Å². The van der Waals surface area contributed by atoms with Crippen molar-refractivity contribution in [2.45, 2.75) is 31.6 Å². The van der Waals surface area contributed by atoms with E-state index < -0.39 is 0 Å². The second-order valence-corrected chi connectivity index (χ2v) is 3.56. The van der Waals surface area contributed by atoms with Crippen LogP contribution < -0.4 is 5.32 Å². The summed E-state index contributed by atoms with van der Waals surface area (Å²) in [5.74, 6) is 0.101. The first-order chi connectivity index (χ1) is 6.20. The summed E-state index contributed by atoms with van der Waals surface area (Å²) in [5.41, 5.74) is 0. The summed E-state index contributed by atoms with van der Waals surface area (Å²) >= 11 is 5.87. The van der Waals surface area contributed by atoms with Gasteiger partial charge in [0.2, 0.25) is 5.91 Å². The molecule has 0 rings (SSSR count). The van der Waals surface area contributed by atoms with Gasteiger partial charge < -0.3 is 10.1 Å². The number of carbonyl (C=O) groups is 1. The summed E-state index contributed by atoms with van der Waals surface area (Å²) < 4.78 is 4.86. The maximum Gasteiger partial charge on any atom is 0.219 e. The fraction of sp³-hybridized carbons (Fsp3) is 0.889. The highest BCUT2D eigenvalue weighted by Gasteiger charge is 2.04. The standard InChI is InChI=1S/C9H18ClNO2/c1-3-4-9(12)11-6-5-8(10)7-13-2/h8H,3-7H2,1-2H3,(H,11,12). The molecule has 0 aromatic rings. The molecule has 0 aliphatic heterocycles. The van der Waals surface area contributed by atoms with Crippen LogP contribution >= 0.6 is 11.6 Å². The molecule has 0 heterocycles. The Bertz CT molecular complexity index is 142. The van der Waals surface area contributed by atoms with Gasteiger partial charge in [-0.15, -0.1) is 11.6 Å². The first-order valence-corrected chi connectivity index (χ1v) is 5.04. The van der Waals surface area contributed by atoms with Crippen molar-refractivity contribution in [2.24, 2.45) is 0 Å². The first kappa shape index (κ1) is 12.7. The lowest BCUT2D eigenvalue weighted by atomic mass is 10.3. The second kappa shape index (κ2) is 8.32. The molecule has 0 aliphatic rings. The molecule has 0 saturated heterocycles. The number of amides is 1. The molecule has 0 aliphatic carbocycles. The fourth-order valence-electron chi connectivity index (χ4n) is 0.948. The molecule has 1 atom stereocenters. The average molecular weight is 208 g/mol. The lowest BCUT2D eigenvalue weighted by molar-refractivity contribution is -0.121. The van der Waals surface area contributed by atoms with Crippen LogP contribution in [0.1, 0.15) is 26.2 Å². The lowest BCUT2D eigenvalue weighted by Crippen LogP contribution is -2.26. The third kappa shape index (κ3) is 8.06. The van der Waals surface area contributed by atoms with E-state index in [1.165, 1.54) is 0 Å². The molecule has 0 radical (unpaired) electrons. The molecule has 1 unspecified atom stereocenters. The number of methoxy groups -OCH3 is 1. The van der Waals surface area contributed by atoms with E-state index in [4.69, 9.17) is 16.3 Å². The molecule has 4 heteroatoms. The van der Waals surface area contributed by atoms with Crippen LogP contribution in [-0.4, -0.2) is 31.5 Å². The molecule has 3 nitrogen and oxygen atoms in total. The van der Waals surface area contributed by atoms with Crippen molar-refractivity contribution in [3.63, 3.8) is 0 Å². The Morgan fingerprint density at radius 3 is 2.85 bits per heavy atom. The van der Waals surface area contributed by atoms with E-state index in [1.807, 2.05) is 6.92 Å². The maximum absolute atomic E-state index is 11.0. The summed E-state index contributed by atoms with van der Waals surface area (Å²) in [6.07, 6.45) is 2.23. The molecule has 0 bridgehead atoms. The zero-order valence-electron chi connectivity index (χ0n) is 8.31. The number of carbonyl (C=O) groups excluding carboxylic acids is 1. The highest BCUT2D eigenvalue weighted by atomic mass is 35.5. The van der Waals surface area contributed by atoms with E-state index >= 15 is 0 Å². The number of ether oxygens (including phenoxy) is 1. The number of hydrogen-bond donors (Lipinski definition) is 1. The van der Waals surface area contributed by atoms with Crippen LogP contribution in [0.5, 0.6) is 0 Å². The van der Waals surface area contributed by atoms with E-state index in [1.54, 1.807) is 7.11 Å². The molecule has 0 spiro atoms. The van der Waals surface area contributed by atoms with Gasteiger partial charge >= 0.3 is 0 Å². The Hall–Kier alpha value is -0.280. The minimum atomic E-state index is -0.00748. The van der Waals surface area contributed by atoms with Crippen molar-refractivity contribution in [3.05, 3.63) is 0 Å². The SMILES string of the molecule is CCCC(=O)NCCC(Cl)COC. The van der Waals surface area contributed by atoms with Gasteiger partial charge in [0.05, 0.1) is 12.0 Å². The Balaban J connectivity index is 3.28. The van der Waals surface area contributed by atoms with E-state index in [9.17, 15) is 4.79 Å². The van der Waals surface area contributed by atoms with Gasteiger partial charge in [-0.1, -0.05) is 6.92 Å². The minimum absolute atomic E-state index is 0.00748. The van der Waals surface area contributed by atoms with Gasteiger partial charge in [-0.05, 0) is 12.8 Å². The molecule has 0 aromatic heterocycles. The molecule has 78 valence electrons. The molecule has 0 aromatic carbocycles. The van der Waals surface area contributed by atoms with Crippen LogP contribution in [0.4, 0.5) is 0 Å². The molecule has 1 amide bonds. The zero-order chi connectivity index (χ0) is 10.1. The molecular formula is C9H18ClNO2. The number of hydrogen-bond acceptors (Lipinski definition) is 2. The topological polar surface area (TPSA) is 38.3 Å². The number of rotatable bonds is 7. The van der Waals surface area contributed by atoms with Crippen molar-refractivity contribution < 1.29 is 9.53 Å². The Morgan fingerprint density at radius 2 is 2.31 bits per heavy atom. The van der Waals surface area contributed by atoms with Gasteiger partial charge in [0.1, 0.15) is 0 Å². The lowest BCUT2D eigenvalue weighted by Gasteiger charge is -2.08. The predicted octanol–water partition coefficient (Wildman–Crippen LogP) is 1.55. The van der Waals surface area contributed by atoms with E-state index in [2.05, 4.69) is 5.32 Å². The number of nitrogens with one attached hydrogen (secondary N) is 1. The smallest absolute Gasteiger partial charge is 0.219 e. The van der Waals surface area contributed by atoms with E-state index in [-0.39, 0.29) is 11.3 Å². The number of alkyl halides is 1. The van der Waals surface area contributed by atoms with E-state index in [0.717, 1.165) is 12.8 Å². The van der Waals surface area contributed by atoms with Crippen molar-refractivity contribution in [1.29, 1.82) is 0 Å². The normalized spacial score (nSPS) is 12.5. The quantitative estimate of drug-likeness (QED) is 0.644. The van der Waals surface area contributed by atoms with Crippen molar-refractivity contribution in [3.8, 4) is 0 Å². The fourth-order valence-corrected chi connectivity index (χ4v) is 1.18. The van der Waals surface area contributed by atoms with Gasteiger partial charge in [-0.25, -0.2) is 0 Å². The van der Waals surface area contributed by atoms with Gasteiger partial charge in [-0.2, -0.15) is 0 Å². The Labute approximate surface area is 84.8 Å². The Morgan fingerprint density at radius 1 is 1.62 bits per heavy atom. The molecule has 0 saturated carbocycles. The van der Waals surface area contributed by atoms with Crippen LogP contribution in [-0.2, 0) is 9.53 Å². The van der Waals surface area contributed by atoms with Crippen molar-refractivity contribution in [2.75, 3.05) is 20.3 Å². The Kier molecular flexibility index (Phi) is 8.14. The molecular weight excluding hydrogens is 190 g/mol. The van der Waals surface area contributed by atoms with Gasteiger partial charge in [0, 0.05) is 20.1 Å². The van der Waals surface area contributed by atoms with E-state index in [0.29, 0.717) is 19.6 Å². The van der Waals surface area contributed by atoms with Crippen LogP contribution in [0.15, 0.2) is 0 Å². The third-order valence-electron chi connectivity index (χ3n) is 1.60. The first-order valence-electron chi connectivity index (χ1n) is 4.60. The van der Waals surface area contributed by atoms with Crippen molar-refractivity contribution >= 4 is 17.5 Å². The number of halogens is 1. The molecule has 13 heavy (non-hydrogen) atoms. The summed E-state index contributed by atoms with van der Waals surface area (Å²) in [6, 6.07) is 0. The summed E-state index contributed by atoms with van der Waals surface area (Å²) in [7, 11) is 1.62. The van der Waals surface area contributed by atoms with Crippen molar-refractivity contribution in [1.82, 2.24) is 5.32 Å². The molecule has 1 N–H and O–H groups in total. The zero-order valence-corrected chi connectivity index (χ0v) is 9.06. The third-order valence-corrected chi connectivity index (χ3v) is 1.95. The van der Waals surface area contributed by atoms with Crippen LogP contribution in [0, 0.1) is 0 Å². The van der Waals surface area contributed by atoms with Gasteiger partial charge in [-0.3, -0.25) is 4.79 Å². The highest BCUT2D eigenvalue weighted by Crippen LogP contribution is 2.00.